The van der Waals surface area contributed by atoms with E-state index in [2.05, 4.69) is 5.32 Å². The van der Waals surface area contributed by atoms with E-state index in [-0.39, 0.29) is 17.9 Å². The van der Waals surface area contributed by atoms with E-state index in [4.69, 9.17) is 4.74 Å². The molecule has 26 heavy (non-hydrogen) atoms. The van der Waals surface area contributed by atoms with Gasteiger partial charge in [-0.25, -0.2) is 0 Å². The Morgan fingerprint density at radius 3 is 2.46 bits per heavy atom. The molecule has 1 heterocycles. The molecule has 1 aliphatic rings. The lowest BCUT2D eigenvalue weighted by molar-refractivity contribution is -0.148. The fourth-order valence-corrected chi connectivity index (χ4v) is 3.46. The van der Waals surface area contributed by atoms with Crippen molar-refractivity contribution in [2.75, 3.05) is 29.9 Å². The van der Waals surface area contributed by atoms with Crippen LogP contribution >= 0.6 is 0 Å². The fourth-order valence-electron chi connectivity index (χ4n) is 3.46. The van der Waals surface area contributed by atoms with Gasteiger partial charge in [0, 0.05) is 19.1 Å². The van der Waals surface area contributed by atoms with Crippen molar-refractivity contribution in [3.63, 3.8) is 0 Å². The molecule has 1 atom stereocenters. The van der Waals surface area contributed by atoms with E-state index in [0.29, 0.717) is 43.9 Å². The van der Waals surface area contributed by atoms with E-state index in [9.17, 15) is 14.4 Å². The van der Waals surface area contributed by atoms with Gasteiger partial charge in [-0.3, -0.25) is 14.4 Å². The van der Waals surface area contributed by atoms with E-state index in [1.165, 1.54) is 0 Å². The molecule has 2 aromatic carbocycles. The van der Waals surface area contributed by atoms with Crippen molar-refractivity contribution in [1.29, 1.82) is 0 Å². The fraction of sp³-hybridized carbons (Fsp3) is 0.450. The molecule has 0 radical (unpaired) electrons. The summed E-state index contributed by atoms with van der Waals surface area (Å²) < 4.78 is 5.08. The minimum atomic E-state index is -0.463. The maximum absolute atomic E-state index is 12.1. The van der Waals surface area contributed by atoms with Crippen molar-refractivity contribution in [2.45, 2.75) is 32.7 Å². The van der Waals surface area contributed by atoms with Crippen molar-refractivity contribution in [3.8, 4) is 0 Å². The summed E-state index contributed by atoms with van der Waals surface area (Å²) >= 11 is 0. The number of hydrogen-bond acceptors (Lipinski definition) is 6. The van der Waals surface area contributed by atoms with Gasteiger partial charge in [0.25, 0.3) is 10.9 Å². The second-order valence-corrected chi connectivity index (χ2v) is 6.67. The highest BCUT2D eigenvalue weighted by Crippen LogP contribution is 2.29. The van der Waals surface area contributed by atoms with Crippen molar-refractivity contribution in [2.24, 2.45) is 5.92 Å². The van der Waals surface area contributed by atoms with Gasteiger partial charge in [0.15, 0.2) is 0 Å². The summed E-state index contributed by atoms with van der Waals surface area (Å²) in [7, 11) is 0. The van der Waals surface area contributed by atoms with Crippen LogP contribution in [0.1, 0.15) is 38.3 Å². The molecule has 0 unspecified atom stereocenters. The van der Waals surface area contributed by atoms with Gasteiger partial charge in [-0.05, 0) is 32.3 Å². The third-order valence-electron chi connectivity index (χ3n) is 4.98. The van der Waals surface area contributed by atoms with Crippen molar-refractivity contribution >= 4 is 17.3 Å². The molecule has 0 aliphatic carbocycles. The maximum atomic E-state index is 12.1. The van der Waals surface area contributed by atoms with E-state index in [1.807, 2.05) is 42.2 Å². The Morgan fingerprint density at radius 1 is 1.19 bits per heavy atom. The highest BCUT2D eigenvalue weighted by molar-refractivity contribution is 5.77. The lowest BCUT2D eigenvalue weighted by Crippen LogP contribution is -2.46. The summed E-state index contributed by atoms with van der Waals surface area (Å²) in [6.07, 6.45) is 1.26. The molecule has 6 heteroatoms. The Hall–Kier alpha value is -2.63. The van der Waals surface area contributed by atoms with E-state index in [1.54, 1.807) is 6.92 Å². The number of rotatable bonds is 6. The van der Waals surface area contributed by atoms with Crippen LogP contribution in [0.4, 0.5) is 11.4 Å². The summed E-state index contributed by atoms with van der Waals surface area (Å²) in [5.74, 6) is -0.300. The van der Waals surface area contributed by atoms with Crippen LogP contribution < -0.4 is 21.1 Å². The average Bonchev–Trinajstić information content (AvgIpc) is 2.68. The Balaban J connectivity index is 1.69. The van der Waals surface area contributed by atoms with Crippen molar-refractivity contribution in [3.05, 3.63) is 56.3 Å². The number of esters is 1. The zero-order valence-corrected chi connectivity index (χ0v) is 15.2. The predicted octanol–water partition coefficient (Wildman–Crippen LogP) is 2.24. The minimum absolute atomic E-state index is 0.0738. The van der Waals surface area contributed by atoms with Crippen LogP contribution in [0.3, 0.4) is 0 Å². The van der Waals surface area contributed by atoms with E-state index < -0.39 is 10.9 Å². The van der Waals surface area contributed by atoms with Gasteiger partial charge in [0.2, 0.25) is 0 Å². The second-order valence-electron chi connectivity index (χ2n) is 6.67. The number of nitrogens with zero attached hydrogens (tertiary/aromatic N) is 1. The van der Waals surface area contributed by atoms with Crippen LogP contribution in [-0.4, -0.2) is 25.7 Å². The number of nitrogens with one attached hydrogen (secondary N) is 1. The molecule has 1 saturated heterocycles. The molecule has 0 aromatic heterocycles. The van der Waals surface area contributed by atoms with E-state index in [0.717, 1.165) is 5.56 Å². The van der Waals surface area contributed by atoms with Gasteiger partial charge in [-0.2, -0.15) is 0 Å². The highest BCUT2D eigenvalue weighted by atomic mass is 16.5. The smallest absolute Gasteiger partial charge is 0.309 e. The number of carbonyl (C=O) groups is 1. The van der Waals surface area contributed by atoms with Crippen molar-refractivity contribution < 1.29 is 9.53 Å². The maximum Gasteiger partial charge on any atom is 0.309 e. The Morgan fingerprint density at radius 2 is 1.85 bits per heavy atom. The monoisotopic (exact) mass is 356 g/mol. The number of ether oxygens (including phenoxy) is 1. The molecule has 0 bridgehead atoms. The Labute approximate surface area is 152 Å². The first-order chi connectivity index (χ1) is 12.5. The Bertz CT molecular complexity index is 831. The lowest BCUT2D eigenvalue weighted by Gasteiger charge is -2.34. The highest BCUT2D eigenvalue weighted by Gasteiger charge is 2.32. The molecule has 3 rings (SSSR count). The van der Waals surface area contributed by atoms with Crippen LogP contribution in [0.15, 0.2) is 39.9 Å². The number of piperidine rings is 1. The summed E-state index contributed by atoms with van der Waals surface area (Å²) in [6.45, 7) is 5.28. The molecule has 1 N–H and O–H groups in total. The van der Waals surface area contributed by atoms with Crippen LogP contribution in [0.2, 0.25) is 0 Å². The van der Waals surface area contributed by atoms with Gasteiger partial charge in [-0.15, -0.1) is 0 Å². The third kappa shape index (κ3) is 3.49. The second kappa shape index (κ2) is 7.72. The number of anilines is 2. The number of hydrogen-bond donors (Lipinski definition) is 1. The SMILES string of the molecule is CCOC(=O)C1CCN(c2c(N[C@@H](C)c3ccccc3)c(=O)c2=O)CC1. The summed E-state index contributed by atoms with van der Waals surface area (Å²) in [5, 5.41) is 3.19. The molecular formula is C20H24N2O4. The zero-order valence-electron chi connectivity index (χ0n) is 15.2. The zero-order chi connectivity index (χ0) is 18.7. The van der Waals surface area contributed by atoms with Crippen LogP contribution in [0, 0.1) is 5.92 Å². The first-order valence-electron chi connectivity index (χ1n) is 9.09. The topological polar surface area (TPSA) is 75.7 Å². The largest absolute Gasteiger partial charge is 0.466 e. The molecule has 0 saturated carbocycles. The van der Waals surface area contributed by atoms with Gasteiger partial charge >= 0.3 is 5.97 Å². The van der Waals surface area contributed by atoms with Gasteiger partial charge < -0.3 is 15.0 Å². The minimum Gasteiger partial charge on any atom is -0.466 e. The van der Waals surface area contributed by atoms with E-state index >= 15 is 0 Å². The summed E-state index contributed by atoms with van der Waals surface area (Å²) in [6, 6.07) is 9.71. The standard InChI is InChI=1S/C20H24N2O4/c1-3-26-20(25)15-9-11-22(12-10-15)17-16(18(23)19(17)24)21-13(2)14-7-5-4-6-8-14/h4-8,13,15,21H,3,9-12H2,1-2H3/t13-/m0/s1. The Kier molecular flexibility index (Phi) is 5.40. The third-order valence-corrected chi connectivity index (χ3v) is 4.98. The van der Waals surface area contributed by atoms with Gasteiger partial charge in [0.1, 0.15) is 11.4 Å². The van der Waals surface area contributed by atoms with Gasteiger partial charge in [-0.1, -0.05) is 30.3 Å². The molecule has 2 aromatic rings. The van der Waals surface area contributed by atoms with Crippen LogP contribution in [0.5, 0.6) is 0 Å². The summed E-state index contributed by atoms with van der Waals surface area (Å²) in [5.41, 5.74) is 0.992. The van der Waals surface area contributed by atoms with Crippen molar-refractivity contribution in [1.82, 2.24) is 0 Å². The van der Waals surface area contributed by atoms with Gasteiger partial charge in [0.05, 0.1) is 12.5 Å². The molecule has 0 amide bonds. The first kappa shape index (κ1) is 18.2. The molecule has 0 spiro atoms. The van der Waals surface area contributed by atoms with Crippen LogP contribution in [0.25, 0.3) is 0 Å². The normalized spacial score (nSPS) is 16.5. The molecule has 1 fully saturated rings. The number of benzene rings is 1. The predicted molar refractivity (Wildman–Crippen MR) is 101 cm³/mol. The lowest BCUT2D eigenvalue weighted by atomic mass is 9.95. The molecule has 1 aliphatic heterocycles. The molecular weight excluding hydrogens is 332 g/mol. The summed E-state index contributed by atoms with van der Waals surface area (Å²) in [4.78, 5) is 38.0. The molecule has 138 valence electrons. The first-order valence-corrected chi connectivity index (χ1v) is 9.09. The van der Waals surface area contributed by atoms with Crippen LogP contribution in [-0.2, 0) is 9.53 Å². The number of carbonyl (C=O) groups excluding carboxylic acids is 1. The molecule has 6 nitrogen and oxygen atoms in total. The average molecular weight is 356 g/mol. The quantitative estimate of drug-likeness (QED) is 0.632.